The van der Waals surface area contributed by atoms with Gasteiger partial charge in [0.15, 0.2) is 0 Å². The Kier molecular flexibility index (Phi) is 2.77. The van der Waals surface area contributed by atoms with Crippen molar-refractivity contribution < 1.29 is 0 Å². The molecule has 4 rings (SSSR count). The summed E-state index contributed by atoms with van der Waals surface area (Å²) in [5, 5.41) is 10.8. The number of nitrogens with zero attached hydrogens (tertiary/aromatic N) is 3. The van der Waals surface area contributed by atoms with Crippen LogP contribution in [0.3, 0.4) is 0 Å². The number of aryl methyl sites for hydroxylation is 2. The van der Waals surface area contributed by atoms with E-state index in [4.69, 9.17) is 0 Å². The number of hydrogen-bond donors (Lipinski definition) is 2. The van der Waals surface area contributed by atoms with E-state index < -0.39 is 0 Å². The van der Waals surface area contributed by atoms with Crippen LogP contribution in [0.2, 0.25) is 0 Å². The fourth-order valence-electron chi connectivity index (χ4n) is 2.45. The van der Waals surface area contributed by atoms with Gasteiger partial charge in [0.1, 0.15) is 4.83 Å². The molecule has 3 heterocycles. The van der Waals surface area contributed by atoms with Gasteiger partial charge < -0.3 is 5.32 Å². The Labute approximate surface area is 129 Å². The third kappa shape index (κ3) is 1.82. The predicted molar refractivity (Wildman–Crippen MR) is 88.2 cm³/mol. The van der Waals surface area contributed by atoms with Crippen molar-refractivity contribution in [1.82, 2.24) is 19.6 Å². The molecule has 0 spiro atoms. The summed E-state index contributed by atoms with van der Waals surface area (Å²) in [5.74, 6) is 0.876. The van der Waals surface area contributed by atoms with Crippen molar-refractivity contribution in [3.05, 3.63) is 51.1 Å². The molecule has 2 N–H and O–H groups in total. The average Bonchev–Trinajstić information content (AvgIpc) is 3.03. The molecule has 0 aliphatic carbocycles. The average molecular weight is 311 g/mol. The van der Waals surface area contributed by atoms with Gasteiger partial charge in [-0.2, -0.15) is 0 Å². The van der Waals surface area contributed by atoms with Gasteiger partial charge in [-0.15, -0.1) is 16.4 Å². The van der Waals surface area contributed by atoms with Crippen LogP contribution in [-0.2, 0) is 0 Å². The molecule has 0 saturated carbocycles. The molecule has 0 amide bonds. The van der Waals surface area contributed by atoms with Crippen LogP contribution in [0.5, 0.6) is 0 Å². The summed E-state index contributed by atoms with van der Waals surface area (Å²) in [4.78, 5) is 19.2. The standard InChI is InChI=1S/C15H13N5OS/c1-8-9(2)22-12-11(8)13(21)20-14(18-19-15(20)17-12)16-10-6-4-3-5-7-10/h3-7H,1-2H3,(H,16,18)(H,17,19). The quantitative estimate of drug-likeness (QED) is 0.597. The lowest BCUT2D eigenvalue weighted by molar-refractivity contribution is 1.09. The summed E-state index contributed by atoms with van der Waals surface area (Å²) < 4.78 is 1.48. The number of H-pyrrole nitrogens is 1. The van der Waals surface area contributed by atoms with Gasteiger partial charge in [0.2, 0.25) is 11.7 Å². The van der Waals surface area contributed by atoms with Crippen LogP contribution in [0.4, 0.5) is 11.6 Å². The number of rotatable bonds is 2. The van der Waals surface area contributed by atoms with Crippen molar-refractivity contribution in [2.24, 2.45) is 0 Å². The van der Waals surface area contributed by atoms with E-state index in [-0.39, 0.29) is 5.56 Å². The number of aromatic amines is 1. The number of para-hydroxylation sites is 1. The highest BCUT2D eigenvalue weighted by molar-refractivity contribution is 7.18. The van der Waals surface area contributed by atoms with E-state index >= 15 is 0 Å². The van der Waals surface area contributed by atoms with Crippen LogP contribution in [0.1, 0.15) is 10.4 Å². The Morgan fingerprint density at radius 1 is 1.23 bits per heavy atom. The summed E-state index contributed by atoms with van der Waals surface area (Å²) in [5.41, 5.74) is 1.74. The van der Waals surface area contributed by atoms with E-state index in [0.717, 1.165) is 21.0 Å². The fraction of sp³-hybridized carbons (Fsp3) is 0.133. The number of fused-ring (bicyclic) bond motifs is 2. The number of anilines is 2. The van der Waals surface area contributed by atoms with Gasteiger partial charge in [-0.3, -0.25) is 4.79 Å². The van der Waals surface area contributed by atoms with Crippen LogP contribution in [0.25, 0.3) is 16.0 Å². The third-order valence-electron chi connectivity index (χ3n) is 3.71. The van der Waals surface area contributed by atoms with Crippen molar-refractivity contribution in [3.63, 3.8) is 0 Å². The Morgan fingerprint density at radius 3 is 2.77 bits per heavy atom. The van der Waals surface area contributed by atoms with E-state index in [1.165, 1.54) is 15.7 Å². The van der Waals surface area contributed by atoms with Gasteiger partial charge in [0.05, 0.1) is 5.39 Å². The van der Waals surface area contributed by atoms with Crippen molar-refractivity contribution in [2.45, 2.75) is 13.8 Å². The molecular weight excluding hydrogens is 298 g/mol. The van der Waals surface area contributed by atoms with Crippen LogP contribution in [-0.4, -0.2) is 19.6 Å². The summed E-state index contributed by atoms with van der Waals surface area (Å²) in [7, 11) is 0. The molecule has 6 nitrogen and oxygen atoms in total. The van der Waals surface area contributed by atoms with Gasteiger partial charge in [-0.05, 0) is 31.5 Å². The molecule has 0 bridgehead atoms. The first kappa shape index (κ1) is 13.0. The highest BCUT2D eigenvalue weighted by Gasteiger charge is 2.16. The minimum atomic E-state index is -0.103. The van der Waals surface area contributed by atoms with Crippen LogP contribution in [0.15, 0.2) is 35.1 Å². The number of aromatic nitrogens is 4. The van der Waals surface area contributed by atoms with Crippen LogP contribution < -0.4 is 10.9 Å². The van der Waals surface area contributed by atoms with Gasteiger partial charge in [0.25, 0.3) is 5.56 Å². The van der Waals surface area contributed by atoms with Crippen molar-refractivity contribution in [1.29, 1.82) is 0 Å². The predicted octanol–water partition coefficient (Wildman–Crippen LogP) is 2.99. The Balaban J connectivity index is 1.98. The van der Waals surface area contributed by atoms with E-state index in [1.54, 1.807) is 0 Å². The third-order valence-corrected chi connectivity index (χ3v) is 4.81. The topological polar surface area (TPSA) is 75.1 Å². The first-order valence-electron chi connectivity index (χ1n) is 6.84. The van der Waals surface area contributed by atoms with E-state index in [2.05, 4.69) is 20.5 Å². The molecule has 7 heteroatoms. The molecule has 22 heavy (non-hydrogen) atoms. The molecule has 110 valence electrons. The second-order valence-electron chi connectivity index (χ2n) is 5.08. The van der Waals surface area contributed by atoms with Crippen molar-refractivity contribution in [2.75, 3.05) is 5.32 Å². The molecule has 0 aliphatic rings. The van der Waals surface area contributed by atoms with Gasteiger partial charge in [-0.1, -0.05) is 18.2 Å². The highest BCUT2D eigenvalue weighted by atomic mass is 32.1. The second-order valence-corrected chi connectivity index (χ2v) is 6.28. The van der Waals surface area contributed by atoms with Crippen molar-refractivity contribution >= 4 is 39.0 Å². The number of benzene rings is 1. The molecule has 0 aliphatic heterocycles. The Morgan fingerprint density at radius 2 is 2.00 bits per heavy atom. The zero-order valence-electron chi connectivity index (χ0n) is 12.0. The molecular formula is C15H13N5OS. The Hall–Kier alpha value is -2.67. The molecule has 4 aromatic rings. The maximum absolute atomic E-state index is 12.8. The first-order valence-corrected chi connectivity index (χ1v) is 7.65. The molecule has 1 aromatic carbocycles. The maximum atomic E-state index is 12.8. The normalized spacial score (nSPS) is 11.4. The lowest BCUT2D eigenvalue weighted by Gasteiger charge is -2.03. The number of hydrogen-bond acceptors (Lipinski definition) is 5. The minimum absolute atomic E-state index is 0.103. The van der Waals surface area contributed by atoms with Gasteiger partial charge >= 0.3 is 0 Å². The van der Waals surface area contributed by atoms with E-state index in [9.17, 15) is 4.79 Å². The summed E-state index contributed by atoms with van der Waals surface area (Å²) in [6.45, 7) is 3.95. The molecule has 3 aromatic heterocycles. The van der Waals surface area contributed by atoms with Gasteiger partial charge in [0, 0.05) is 10.6 Å². The maximum Gasteiger partial charge on any atom is 0.271 e. The smallest absolute Gasteiger partial charge is 0.271 e. The molecule has 0 unspecified atom stereocenters. The van der Waals surface area contributed by atoms with E-state index in [1.807, 2.05) is 44.2 Å². The molecule has 0 saturated heterocycles. The summed E-state index contributed by atoms with van der Waals surface area (Å²) in [6, 6.07) is 9.60. The molecule has 0 radical (unpaired) electrons. The monoisotopic (exact) mass is 311 g/mol. The SMILES string of the molecule is Cc1sc2nc3[nH]nc(Nc4ccccc4)n3c(=O)c2c1C. The minimum Gasteiger partial charge on any atom is -0.324 e. The zero-order valence-corrected chi connectivity index (χ0v) is 12.9. The van der Waals surface area contributed by atoms with Crippen LogP contribution >= 0.6 is 11.3 Å². The first-order chi connectivity index (χ1) is 10.6. The second kappa shape index (κ2) is 4.67. The largest absolute Gasteiger partial charge is 0.324 e. The Bertz CT molecular complexity index is 1040. The van der Waals surface area contributed by atoms with Crippen molar-refractivity contribution in [3.8, 4) is 0 Å². The van der Waals surface area contributed by atoms with E-state index in [0.29, 0.717) is 17.1 Å². The fourth-order valence-corrected chi connectivity index (χ4v) is 3.47. The van der Waals surface area contributed by atoms with Gasteiger partial charge in [-0.25, -0.2) is 14.5 Å². The summed E-state index contributed by atoms with van der Waals surface area (Å²) >= 11 is 1.53. The summed E-state index contributed by atoms with van der Waals surface area (Å²) in [6.07, 6.45) is 0. The number of nitrogens with one attached hydrogen (secondary N) is 2. The number of thiophene rings is 1. The zero-order chi connectivity index (χ0) is 15.3. The molecule has 0 fully saturated rings. The lowest BCUT2D eigenvalue weighted by atomic mass is 10.2. The van der Waals surface area contributed by atoms with Crippen LogP contribution in [0, 0.1) is 13.8 Å². The highest BCUT2D eigenvalue weighted by Crippen LogP contribution is 2.26. The lowest BCUT2D eigenvalue weighted by Crippen LogP contribution is -2.16. The molecule has 0 atom stereocenters.